The Morgan fingerprint density at radius 3 is 2.68 bits per heavy atom. The van der Waals surface area contributed by atoms with Crippen LogP contribution in [0, 0.1) is 0 Å². The molecule has 25 heavy (non-hydrogen) atoms. The molecule has 0 saturated heterocycles. The van der Waals surface area contributed by atoms with Crippen LogP contribution in [0.4, 0.5) is 10.8 Å². The molecule has 2 aromatic carbocycles. The van der Waals surface area contributed by atoms with Gasteiger partial charge in [-0.25, -0.2) is 9.78 Å². The summed E-state index contributed by atoms with van der Waals surface area (Å²) >= 11 is 1.65. The van der Waals surface area contributed by atoms with E-state index >= 15 is 0 Å². The molecule has 126 valence electrons. The first-order chi connectivity index (χ1) is 12.2. The number of thiazole rings is 1. The highest BCUT2D eigenvalue weighted by atomic mass is 32.1. The summed E-state index contributed by atoms with van der Waals surface area (Å²) in [5.41, 5.74) is 4.87. The minimum Gasteiger partial charge on any atom is -0.497 e. The fraction of sp³-hybridized carbons (Fsp3) is 0.158. The van der Waals surface area contributed by atoms with E-state index in [4.69, 9.17) is 14.5 Å². The fourth-order valence-corrected chi connectivity index (χ4v) is 3.93. The number of nitrogens with zero attached hydrogens (tertiary/aromatic N) is 1. The first-order valence-electron chi connectivity index (χ1n) is 7.80. The molecule has 6 heteroatoms. The third-order valence-electron chi connectivity index (χ3n) is 4.17. The maximum Gasteiger partial charge on any atom is 0.337 e. The second kappa shape index (κ2) is 6.22. The first-order valence-corrected chi connectivity index (χ1v) is 8.62. The van der Waals surface area contributed by atoms with Crippen LogP contribution in [0.15, 0.2) is 42.5 Å². The van der Waals surface area contributed by atoms with Crippen LogP contribution in [-0.4, -0.2) is 25.2 Å². The molecule has 1 heterocycles. The highest BCUT2D eigenvalue weighted by Crippen LogP contribution is 2.42. The summed E-state index contributed by atoms with van der Waals surface area (Å²) in [5.74, 6) is 0.532. The van der Waals surface area contributed by atoms with Crippen molar-refractivity contribution in [2.75, 3.05) is 19.5 Å². The van der Waals surface area contributed by atoms with Gasteiger partial charge < -0.3 is 14.8 Å². The summed E-state index contributed by atoms with van der Waals surface area (Å²) in [4.78, 5) is 17.5. The van der Waals surface area contributed by atoms with Gasteiger partial charge in [-0.05, 0) is 48.0 Å². The molecule has 1 N–H and O–H groups in total. The zero-order valence-electron chi connectivity index (χ0n) is 13.8. The monoisotopic (exact) mass is 352 g/mol. The van der Waals surface area contributed by atoms with Gasteiger partial charge in [-0.2, -0.15) is 0 Å². The van der Waals surface area contributed by atoms with Gasteiger partial charge in [0.05, 0.1) is 25.5 Å². The van der Waals surface area contributed by atoms with Crippen molar-refractivity contribution in [2.45, 2.75) is 6.42 Å². The van der Waals surface area contributed by atoms with Gasteiger partial charge in [-0.1, -0.05) is 0 Å². The van der Waals surface area contributed by atoms with Gasteiger partial charge in [-0.3, -0.25) is 0 Å². The Morgan fingerprint density at radius 2 is 1.96 bits per heavy atom. The largest absolute Gasteiger partial charge is 0.497 e. The van der Waals surface area contributed by atoms with Crippen molar-refractivity contribution >= 4 is 28.1 Å². The van der Waals surface area contributed by atoms with Gasteiger partial charge in [0.1, 0.15) is 5.75 Å². The van der Waals surface area contributed by atoms with Gasteiger partial charge >= 0.3 is 5.97 Å². The summed E-state index contributed by atoms with van der Waals surface area (Å²) in [5, 5.41) is 4.15. The maximum atomic E-state index is 11.5. The number of fused-ring (bicyclic) bond motifs is 3. The number of rotatable bonds is 4. The van der Waals surface area contributed by atoms with Crippen molar-refractivity contribution in [3.8, 4) is 17.0 Å². The van der Waals surface area contributed by atoms with Crippen molar-refractivity contribution in [3.63, 3.8) is 0 Å². The van der Waals surface area contributed by atoms with Gasteiger partial charge in [0.15, 0.2) is 5.13 Å². The summed E-state index contributed by atoms with van der Waals surface area (Å²) < 4.78 is 10.00. The number of carbonyl (C=O) groups is 1. The van der Waals surface area contributed by atoms with Crippen molar-refractivity contribution in [1.82, 2.24) is 4.98 Å². The molecule has 0 bridgehead atoms. The quantitative estimate of drug-likeness (QED) is 0.556. The Kier molecular flexibility index (Phi) is 3.89. The molecule has 0 saturated carbocycles. The van der Waals surface area contributed by atoms with E-state index in [-0.39, 0.29) is 5.97 Å². The summed E-state index contributed by atoms with van der Waals surface area (Å²) in [6.07, 6.45) is 0.877. The molecule has 4 rings (SSSR count). The normalized spacial score (nSPS) is 11.6. The number of esters is 1. The predicted octanol–water partition coefficient (Wildman–Crippen LogP) is 4.25. The van der Waals surface area contributed by atoms with E-state index in [1.54, 1.807) is 30.6 Å². The fourth-order valence-electron chi connectivity index (χ4n) is 2.91. The number of carbonyl (C=O) groups excluding carboxylic acids is 1. The number of methoxy groups -OCH3 is 2. The maximum absolute atomic E-state index is 11.5. The van der Waals surface area contributed by atoms with E-state index in [0.717, 1.165) is 28.7 Å². The van der Waals surface area contributed by atoms with Gasteiger partial charge in [-0.15, -0.1) is 11.3 Å². The molecule has 1 aromatic heterocycles. The Bertz CT molecular complexity index is 948. The van der Waals surface area contributed by atoms with Crippen LogP contribution in [-0.2, 0) is 11.2 Å². The predicted molar refractivity (Wildman–Crippen MR) is 98.0 cm³/mol. The first kappa shape index (κ1) is 15.7. The Morgan fingerprint density at radius 1 is 1.16 bits per heavy atom. The molecular formula is C19H16N2O3S. The summed E-state index contributed by atoms with van der Waals surface area (Å²) in [6, 6.07) is 13.3. The number of benzene rings is 2. The number of hydrogen-bond donors (Lipinski definition) is 1. The third kappa shape index (κ3) is 2.85. The van der Waals surface area contributed by atoms with Crippen LogP contribution in [0.2, 0.25) is 0 Å². The van der Waals surface area contributed by atoms with E-state index < -0.39 is 0 Å². The van der Waals surface area contributed by atoms with E-state index in [0.29, 0.717) is 5.56 Å². The van der Waals surface area contributed by atoms with Crippen LogP contribution < -0.4 is 10.1 Å². The van der Waals surface area contributed by atoms with E-state index in [9.17, 15) is 4.79 Å². The van der Waals surface area contributed by atoms with Crippen molar-refractivity contribution in [1.29, 1.82) is 0 Å². The van der Waals surface area contributed by atoms with E-state index in [1.807, 2.05) is 18.2 Å². The molecule has 1 aliphatic carbocycles. The standard InChI is InChI=1S/C19H16N2O3S/c1-23-14-7-8-15-12(9-14)10-16-17(15)21-19(25-16)20-13-5-3-11(4-6-13)18(22)24-2/h3-9H,10H2,1-2H3,(H,20,21). The van der Waals surface area contributed by atoms with Crippen LogP contribution in [0.25, 0.3) is 11.3 Å². The van der Waals surface area contributed by atoms with Crippen LogP contribution in [0.1, 0.15) is 20.8 Å². The molecule has 0 fully saturated rings. The lowest BCUT2D eigenvalue weighted by Crippen LogP contribution is -2.00. The molecule has 0 spiro atoms. The minimum atomic E-state index is -0.341. The molecule has 0 radical (unpaired) electrons. The SMILES string of the molecule is COC(=O)c1ccc(Nc2nc3c(s2)Cc2cc(OC)ccc2-3)cc1. The smallest absolute Gasteiger partial charge is 0.337 e. The number of hydrogen-bond acceptors (Lipinski definition) is 6. The second-order valence-corrected chi connectivity index (χ2v) is 6.77. The second-order valence-electron chi connectivity index (χ2n) is 5.68. The van der Waals surface area contributed by atoms with Crippen molar-refractivity contribution in [2.24, 2.45) is 0 Å². The van der Waals surface area contributed by atoms with Gasteiger partial charge in [0.25, 0.3) is 0 Å². The molecular weight excluding hydrogens is 336 g/mol. The number of nitrogens with one attached hydrogen (secondary N) is 1. The van der Waals surface area contributed by atoms with Crippen LogP contribution in [0.5, 0.6) is 5.75 Å². The molecule has 0 atom stereocenters. The lowest BCUT2D eigenvalue weighted by atomic mass is 10.1. The van der Waals surface area contributed by atoms with Gasteiger partial charge in [0, 0.05) is 22.5 Å². The highest BCUT2D eigenvalue weighted by molar-refractivity contribution is 7.16. The number of aromatic nitrogens is 1. The Labute approximate surface area is 149 Å². The Hall–Kier alpha value is -2.86. The van der Waals surface area contributed by atoms with Crippen LogP contribution >= 0.6 is 11.3 Å². The zero-order chi connectivity index (χ0) is 17.4. The molecule has 0 aliphatic heterocycles. The summed E-state index contributed by atoms with van der Waals surface area (Å²) in [6.45, 7) is 0. The Balaban J connectivity index is 1.55. The topological polar surface area (TPSA) is 60.5 Å². The van der Waals surface area contributed by atoms with E-state index in [1.165, 1.54) is 23.1 Å². The molecule has 1 aliphatic rings. The average molecular weight is 352 g/mol. The van der Waals surface area contributed by atoms with Crippen molar-refractivity contribution in [3.05, 3.63) is 58.5 Å². The van der Waals surface area contributed by atoms with Crippen LogP contribution in [0.3, 0.4) is 0 Å². The highest BCUT2D eigenvalue weighted by Gasteiger charge is 2.23. The third-order valence-corrected chi connectivity index (χ3v) is 5.14. The minimum absolute atomic E-state index is 0.341. The molecule has 0 unspecified atom stereocenters. The van der Waals surface area contributed by atoms with E-state index in [2.05, 4.69) is 17.4 Å². The molecule has 3 aromatic rings. The van der Waals surface area contributed by atoms with Gasteiger partial charge in [0.2, 0.25) is 0 Å². The zero-order valence-corrected chi connectivity index (χ0v) is 14.6. The average Bonchev–Trinajstić information content (AvgIpc) is 3.18. The van der Waals surface area contributed by atoms with Crippen molar-refractivity contribution < 1.29 is 14.3 Å². The molecule has 5 nitrogen and oxygen atoms in total. The summed E-state index contributed by atoms with van der Waals surface area (Å²) in [7, 11) is 3.05. The number of anilines is 2. The molecule has 0 amide bonds. The lowest BCUT2D eigenvalue weighted by Gasteiger charge is -2.05. The lowest BCUT2D eigenvalue weighted by molar-refractivity contribution is 0.0601. The number of ether oxygens (including phenoxy) is 2.